The van der Waals surface area contributed by atoms with Gasteiger partial charge in [0.2, 0.25) is 5.95 Å². The summed E-state index contributed by atoms with van der Waals surface area (Å²) in [5.74, 6) is 3.34. The third-order valence-corrected chi connectivity index (χ3v) is 7.13. The van der Waals surface area contributed by atoms with Gasteiger partial charge in [0, 0.05) is 43.0 Å². The van der Waals surface area contributed by atoms with Crippen molar-refractivity contribution in [3.05, 3.63) is 54.4 Å². The van der Waals surface area contributed by atoms with E-state index in [1.807, 2.05) is 31.3 Å². The summed E-state index contributed by atoms with van der Waals surface area (Å²) in [5.41, 5.74) is 1.20. The van der Waals surface area contributed by atoms with E-state index in [1.54, 1.807) is 18.3 Å². The summed E-state index contributed by atoms with van der Waals surface area (Å²) in [4.78, 5) is 23.6. The van der Waals surface area contributed by atoms with Gasteiger partial charge in [0.05, 0.1) is 0 Å². The molecule has 0 unspecified atom stereocenters. The number of para-hydroxylation sites is 1. The zero-order valence-corrected chi connectivity index (χ0v) is 20.1. The summed E-state index contributed by atoms with van der Waals surface area (Å²) >= 11 is 0. The molecule has 3 N–H and O–H groups in total. The van der Waals surface area contributed by atoms with Crippen molar-refractivity contribution in [2.24, 2.45) is 0 Å². The topological polar surface area (TPSA) is 108 Å². The molecule has 0 spiro atoms. The summed E-state index contributed by atoms with van der Waals surface area (Å²) in [6.45, 7) is 0. The second kappa shape index (κ2) is 10.8. The average molecular weight is 476 g/mol. The van der Waals surface area contributed by atoms with Gasteiger partial charge in [-0.2, -0.15) is 10.1 Å². The monoisotopic (exact) mass is 475 g/mol. The lowest BCUT2D eigenvalue weighted by atomic mass is 9.90. The van der Waals surface area contributed by atoms with Crippen molar-refractivity contribution < 1.29 is 9.53 Å². The summed E-state index contributed by atoms with van der Waals surface area (Å²) < 4.78 is 5.36. The van der Waals surface area contributed by atoms with Crippen molar-refractivity contribution in [1.29, 1.82) is 0 Å². The summed E-state index contributed by atoms with van der Waals surface area (Å²) in [5, 5.41) is 13.9. The zero-order chi connectivity index (χ0) is 24.0. The smallest absolute Gasteiger partial charge is 0.410 e. The van der Waals surface area contributed by atoms with E-state index >= 15 is 0 Å². The van der Waals surface area contributed by atoms with Crippen molar-refractivity contribution in [1.82, 2.24) is 25.5 Å². The number of ether oxygens (including phenoxy) is 1. The highest BCUT2D eigenvalue weighted by Crippen LogP contribution is 2.34. The van der Waals surface area contributed by atoms with Crippen molar-refractivity contribution in [3.63, 3.8) is 0 Å². The van der Waals surface area contributed by atoms with Crippen LogP contribution in [-0.4, -0.2) is 45.4 Å². The number of hydrogen-bond acceptors (Lipinski definition) is 7. The van der Waals surface area contributed by atoms with Gasteiger partial charge in [0.25, 0.3) is 0 Å². The maximum atomic E-state index is 12.2. The first kappa shape index (κ1) is 23.1. The quantitative estimate of drug-likeness (QED) is 0.434. The molecule has 2 heterocycles. The molecule has 2 fully saturated rings. The van der Waals surface area contributed by atoms with Gasteiger partial charge in [-0.15, -0.1) is 0 Å². The highest BCUT2D eigenvalue weighted by atomic mass is 16.6. The van der Waals surface area contributed by atoms with Gasteiger partial charge >= 0.3 is 6.09 Å². The second-order valence-electron chi connectivity index (χ2n) is 9.52. The van der Waals surface area contributed by atoms with E-state index in [0.29, 0.717) is 23.7 Å². The number of carbonyl (C=O) groups excluding carboxylic acids is 1. The number of hydrogen-bond donors (Lipinski definition) is 3. The molecule has 0 radical (unpaired) electrons. The van der Waals surface area contributed by atoms with Crippen LogP contribution < -0.4 is 20.3 Å². The number of anilines is 3. The second-order valence-corrected chi connectivity index (χ2v) is 9.52. The third kappa shape index (κ3) is 5.90. The van der Waals surface area contributed by atoms with Crippen LogP contribution in [0.1, 0.15) is 63.0 Å². The maximum Gasteiger partial charge on any atom is 0.412 e. The van der Waals surface area contributed by atoms with E-state index in [2.05, 4.69) is 36.8 Å². The Morgan fingerprint density at radius 2 is 1.80 bits per heavy atom. The van der Waals surface area contributed by atoms with Gasteiger partial charge in [0.1, 0.15) is 11.6 Å². The highest BCUT2D eigenvalue weighted by Gasteiger charge is 2.27. The normalized spacial score (nSPS) is 20.4. The molecular weight excluding hydrogens is 442 g/mol. The Bertz CT molecular complexity index is 1110. The summed E-state index contributed by atoms with van der Waals surface area (Å²) in [7, 11) is 2.04. The summed E-state index contributed by atoms with van der Waals surface area (Å²) in [6.07, 6.45) is 10.1. The molecule has 1 amide bonds. The summed E-state index contributed by atoms with van der Waals surface area (Å²) in [6, 6.07) is 13.5. The lowest BCUT2D eigenvalue weighted by Crippen LogP contribution is -2.44. The first-order valence-electron chi connectivity index (χ1n) is 12.6. The molecule has 1 aromatic carbocycles. The molecule has 2 aromatic heterocycles. The Hall–Kier alpha value is -3.62. The third-order valence-electron chi connectivity index (χ3n) is 7.13. The van der Waals surface area contributed by atoms with Crippen molar-refractivity contribution in [2.45, 2.75) is 69.4 Å². The standard InChI is InChI=1S/C26H33N7O2/c1-33(20-13-11-19(12-14-20)28-26(34)35-21-9-3-2-4-10-21)25-27-16-15-23(30-25)29-24-17-22(31-32-24)18-7-5-6-8-18/h2-4,9-10,15-20H,5-8,11-14H2,1H3,(H,28,34)(H2,27,29,30,31,32). The molecule has 0 atom stereocenters. The largest absolute Gasteiger partial charge is 0.412 e. The Morgan fingerprint density at radius 3 is 2.57 bits per heavy atom. The fourth-order valence-electron chi connectivity index (χ4n) is 5.13. The highest BCUT2D eigenvalue weighted by molar-refractivity contribution is 5.70. The number of amides is 1. The Kier molecular flexibility index (Phi) is 7.11. The first-order valence-corrected chi connectivity index (χ1v) is 12.6. The molecule has 0 aliphatic heterocycles. The number of H-pyrrole nitrogens is 1. The fourth-order valence-corrected chi connectivity index (χ4v) is 5.13. The lowest BCUT2D eigenvalue weighted by Gasteiger charge is -2.34. The van der Waals surface area contributed by atoms with Crippen LogP contribution in [0.25, 0.3) is 0 Å². The molecular formula is C26H33N7O2. The number of carbonyl (C=O) groups is 1. The molecule has 5 rings (SSSR count). The van der Waals surface area contributed by atoms with E-state index in [9.17, 15) is 4.79 Å². The number of aromatic amines is 1. The maximum absolute atomic E-state index is 12.2. The Labute approximate surface area is 205 Å². The van der Waals surface area contributed by atoms with E-state index in [1.165, 1.54) is 31.4 Å². The molecule has 2 saturated carbocycles. The number of rotatable bonds is 7. The minimum atomic E-state index is -0.399. The van der Waals surface area contributed by atoms with Crippen LogP contribution >= 0.6 is 0 Å². The fraction of sp³-hybridized carbons (Fsp3) is 0.462. The molecule has 9 heteroatoms. The van der Waals surface area contributed by atoms with E-state index in [0.717, 1.165) is 37.3 Å². The van der Waals surface area contributed by atoms with Crippen molar-refractivity contribution in [2.75, 3.05) is 17.3 Å². The molecule has 2 aliphatic rings. The van der Waals surface area contributed by atoms with E-state index < -0.39 is 6.09 Å². The van der Waals surface area contributed by atoms with Gasteiger partial charge < -0.3 is 20.3 Å². The van der Waals surface area contributed by atoms with Gasteiger partial charge in [-0.25, -0.2) is 9.78 Å². The number of nitrogens with zero attached hydrogens (tertiary/aromatic N) is 4. The predicted molar refractivity (Wildman–Crippen MR) is 135 cm³/mol. The first-order chi connectivity index (χ1) is 17.1. The number of aromatic nitrogens is 4. The molecule has 35 heavy (non-hydrogen) atoms. The average Bonchev–Trinajstić information content (AvgIpc) is 3.57. The molecule has 2 aliphatic carbocycles. The SMILES string of the molecule is CN(c1nccc(Nc2cc(C3CCCC3)[nH]n2)n1)C1CCC(NC(=O)Oc2ccccc2)CC1. The molecule has 0 bridgehead atoms. The van der Waals surface area contributed by atoms with Crippen LogP contribution in [0.15, 0.2) is 48.7 Å². The zero-order valence-electron chi connectivity index (χ0n) is 20.1. The lowest BCUT2D eigenvalue weighted by molar-refractivity contribution is 0.191. The van der Waals surface area contributed by atoms with Crippen LogP contribution in [0, 0.1) is 0 Å². The van der Waals surface area contributed by atoms with Crippen LogP contribution in [0.4, 0.5) is 22.4 Å². The van der Waals surface area contributed by atoms with Gasteiger partial charge in [-0.3, -0.25) is 5.10 Å². The van der Waals surface area contributed by atoms with Gasteiger partial charge in [-0.05, 0) is 56.7 Å². The molecule has 0 saturated heterocycles. The number of benzene rings is 1. The minimum absolute atomic E-state index is 0.110. The van der Waals surface area contributed by atoms with E-state index in [-0.39, 0.29) is 6.04 Å². The van der Waals surface area contributed by atoms with Crippen molar-refractivity contribution >= 4 is 23.7 Å². The molecule has 3 aromatic rings. The van der Waals surface area contributed by atoms with Gasteiger partial charge in [-0.1, -0.05) is 31.0 Å². The van der Waals surface area contributed by atoms with Crippen LogP contribution in [-0.2, 0) is 0 Å². The van der Waals surface area contributed by atoms with Gasteiger partial charge in [0.15, 0.2) is 5.82 Å². The Morgan fingerprint density at radius 1 is 1.03 bits per heavy atom. The van der Waals surface area contributed by atoms with Crippen LogP contribution in [0.3, 0.4) is 0 Å². The van der Waals surface area contributed by atoms with Crippen LogP contribution in [0.5, 0.6) is 5.75 Å². The number of nitrogens with one attached hydrogen (secondary N) is 3. The molecule has 9 nitrogen and oxygen atoms in total. The minimum Gasteiger partial charge on any atom is -0.410 e. The predicted octanol–water partition coefficient (Wildman–Crippen LogP) is 5.14. The Balaban J connectivity index is 1.12. The molecule has 184 valence electrons. The van der Waals surface area contributed by atoms with Crippen LogP contribution in [0.2, 0.25) is 0 Å². The van der Waals surface area contributed by atoms with Crippen molar-refractivity contribution in [3.8, 4) is 5.75 Å². The van der Waals surface area contributed by atoms with E-state index in [4.69, 9.17) is 9.72 Å².